The predicted molar refractivity (Wildman–Crippen MR) is 105 cm³/mol. The Kier molecular flexibility index (Phi) is 7.18. The third kappa shape index (κ3) is 5.96. The molecule has 0 fully saturated rings. The molecule has 0 radical (unpaired) electrons. The highest BCUT2D eigenvalue weighted by atomic mass is 16.1. The molecule has 1 aromatic carbocycles. The second-order valence-corrected chi connectivity index (χ2v) is 7.77. The smallest absolute Gasteiger partial charge is 0.251 e. The molecule has 1 amide bonds. The molecule has 2 unspecified atom stereocenters. The van der Waals surface area contributed by atoms with E-state index in [2.05, 4.69) is 50.2 Å². The maximum atomic E-state index is 12.5. The van der Waals surface area contributed by atoms with Crippen molar-refractivity contribution in [2.75, 3.05) is 0 Å². The van der Waals surface area contributed by atoms with Gasteiger partial charge in [-0.3, -0.25) is 15.1 Å². The maximum Gasteiger partial charge on any atom is 0.251 e. The average Bonchev–Trinajstić information content (AvgIpc) is 2.53. The zero-order valence-corrected chi connectivity index (χ0v) is 16.3. The van der Waals surface area contributed by atoms with Crippen LogP contribution in [0.5, 0.6) is 0 Å². The molecule has 0 saturated carbocycles. The van der Waals surface area contributed by atoms with Gasteiger partial charge in [-0.05, 0) is 55.9 Å². The summed E-state index contributed by atoms with van der Waals surface area (Å²) in [6.45, 7) is 10.8. The first-order chi connectivity index (χ1) is 11.9. The van der Waals surface area contributed by atoms with E-state index in [1.165, 1.54) is 12.0 Å². The Morgan fingerprint density at radius 1 is 1.24 bits per heavy atom. The summed E-state index contributed by atoms with van der Waals surface area (Å²) in [6, 6.07) is 6.57. The number of carbonyl (C=O) groups is 1. The molecular formula is C21H33N3O. The third-order valence-electron chi connectivity index (χ3n) is 4.61. The van der Waals surface area contributed by atoms with E-state index < -0.39 is 0 Å². The number of fused-ring (bicyclic) bond motifs is 1. The van der Waals surface area contributed by atoms with E-state index in [9.17, 15) is 4.79 Å². The second kappa shape index (κ2) is 9.14. The first-order valence-corrected chi connectivity index (χ1v) is 9.62. The Bertz CT molecular complexity index is 609. The van der Waals surface area contributed by atoms with Crippen LogP contribution in [-0.2, 0) is 6.42 Å². The zero-order valence-electron chi connectivity index (χ0n) is 16.3. The van der Waals surface area contributed by atoms with E-state index in [1.807, 2.05) is 24.4 Å². The molecule has 0 saturated heterocycles. The Hall–Kier alpha value is -1.68. The van der Waals surface area contributed by atoms with Gasteiger partial charge >= 0.3 is 0 Å². The standard InChI is InChI=1S/C21H33N3O/c1-6-7-15(4)23-20-12-19-11-17(8-9-18(19)13-22-20)21(25)24-16(5)10-14(2)3/h8-9,11,13-16,20,23H,6-7,10,12H2,1-5H3,(H,24,25)/t15?,16-,20?/m1/s1. The number of amides is 1. The van der Waals surface area contributed by atoms with Crippen LogP contribution in [0.4, 0.5) is 0 Å². The number of hydrogen-bond acceptors (Lipinski definition) is 3. The topological polar surface area (TPSA) is 53.5 Å². The highest BCUT2D eigenvalue weighted by molar-refractivity contribution is 5.96. The van der Waals surface area contributed by atoms with Crippen LogP contribution in [-0.4, -0.2) is 30.4 Å². The average molecular weight is 344 g/mol. The first kappa shape index (κ1) is 19.6. The molecule has 3 atom stereocenters. The van der Waals surface area contributed by atoms with Crippen molar-refractivity contribution in [3.05, 3.63) is 34.9 Å². The molecular weight excluding hydrogens is 310 g/mol. The van der Waals surface area contributed by atoms with E-state index in [-0.39, 0.29) is 18.1 Å². The summed E-state index contributed by atoms with van der Waals surface area (Å²) in [4.78, 5) is 17.1. The fourth-order valence-corrected chi connectivity index (χ4v) is 3.50. The van der Waals surface area contributed by atoms with Crippen LogP contribution in [0.3, 0.4) is 0 Å². The lowest BCUT2D eigenvalue weighted by Crippen LogP contribution is -2.38. The van der Waals surface area contributed by atoms with Crippen LogP contribution in [0.1, 0.15) is 75.4 Å². The normalized spacial score (nSPS) is 18.7. The molecule has 1 aliphatic rings. The summed E-state index contributed by atoms with van der Waals surface area (Å²) in [5.41, 5.74) is 3.05. The fraction of sp³-hybridized carbons (Fsp3) is 0.619. The highest BCUT2D eigenvalue weighted by Crippen LogP contribution is 2.18. The van der Waals surface area contributed by atoms with Gasteiger partial charge in [0, 0.05) is 30.3 Å². The van der Waals surface area contributed by atoms with E-state index in [1.54, 1.807) is 0 Å². The Balaban J connectivity index is 2.02. The number of aliphatic imine (C=N–C) groups is 1. The fourth-order valence-electron chi connectivity index (χ4n) is 3.50. The Labute approximate surface area is 152 Å². The van der Waals surface area contributed by atoms with Crippen molar-refractivity contribution >= 4 is 12.1 Å². The van der Waals surface area contributed by atoms with Gasteiger partial charge in [0.05, 0.1) is 0 Å². The molecule has 2 rings (SSSR count). The summed E-state index contributed by atoms with van der Waals surface area (Å²) >= 11 is 0. The number of nitrogens with zero attached hydrogens (tertiary/aromatic N) is 1. The molecule has 4 heteroatoms. The van der Waals surface area contributed by atoms with Crippen molar-refractivity contribution in [1.29, 1.82) is 0 Å². The molecule has 1 aliphatic heterocycles. The van der Waals surface area contributed by atoms with Crippen LogP contribution in [0.15, 0.2) is 23.2 Å². The van der Waals surface area contributed by atoms with Gasteiger partial charge in [0.15, 0.2) is 0 Å². The summed E-state index contributed by atoms with van der Waals surface area (Å²) in [5, 5.41) is 6.67. The molecule has 1 aromatic rings. The van der Waals surface area contributed by atoms with E-state index in [0.717, 1.165) is 30.4 Å². The van der Waals surface area contributed by atoms with Crippen LogP contribution in [0.2, 0.25) is 0 Å². The van der Waals surface area contributed by atoms with Gasteiger partial charge < -0.3 is 5.32 Å². The lowest BCUT2D eigenvalue weighted by atomic mass is 9.97. The van der Waals surface area contributed by atoms with Crippen molar-refractivity contribution in [1.82, 2.24) is 10.6 Å². The van der Waals surface area contributed by atoms with Gasteiger partial charge in [-0.1, -0.05) is 33.3 Å². The quantitative estimate of drug-likeness (QED) is 0.751. The number of carbonyl (C=O) groups excluding carboxylic acids is 1. The molecule has 0 spiro atoms. The number of nitrogens with one attached hydrogen (secondary N) is 2. The van der Waals surface area contributed by atoms with Crippen molar-refractivity contribution in [3.8, 4) is 0 Å². The van der Waals surface area contributed by atoms with Gasteiger partial charge in [-0.25, -0.2) is 0 Å². The van der Waals surface area contributed by atoms with E-state index >= 15 is 0 Å². The predicted octanol–water partition coefficient (Wildman–Crippen LogP) is 3.93. The monoisotopic (exact) mass is 343 g/mol. The Morgan fingerprint density at radius 2 is 2.00 bits per heavy atom. The van der Waals surface area contributed by atoms with Crippen molar-refractivity contribution in [2.24, 2.45) is 10.9 Å². The number of rotatable bonds is 8. The highest BCUT2D eigenvalue weighted by Gasteiger charge is 2.19. The molecule has 138 valence electrons. The molecule has 4 nitrogen and oxygen atoms in total. The van der Waals surface area contributed by atoms with Crippen LogP contribution < -0.4 is 10.6 Å². The number of hydrogen-bond donors (Lipinski definition) is 2. The molecule has 0 aromatic heterocycles. The molecule has 0 aliphatic carbocycles. The Morgan fingerprint density at radius 3 is 2.68 bits per heavy atom. The SMILES string of the molecule is CCCC(C)NC1Cc2cc(C(=O)N[C@H](C)CC(C)C)ccc2C=N1. The maximum absolute atomic E-state index is 12.5. The van der Waals surface area contributed by atoms with Gasteiger partial charge in [0.25, 0.3) is 5.91 Å². The lowest BCUT2D eigenvalue weighted by molar-refractivity contribution is 0.0936. The summed E-state index contributed by atoms with van der Waals surface area (Å²) in [5.74, 6) is 0.592. The van der Waals surface area contributed by atoms with Gasteiger partial charge in [0.1, 0.15) is 6.17 Å². The van der Waals surface area contributed by atoms with Crippen molar-refractivity contribution < 1.29 is 4.79 Å². The largest absolute Gasteiger partial charge is 0.350 e. The van der Waals surface area contributed by atoms with Crippen molar-refractivity contribution in [3.63, 3.8) is 0 Å². The van der Waals surface area contributed by atoms with E-state index in [0.29, 0.717) is 12.0 Å². The molecule has 2 N–H and O–H groups in total. The molecule has 0 bridgehead atoms. The van der Waals surface area contributed by atoms with Crippen LogP contribution in [0.25, 0.3) is 0 Å². The third-order valence-corrected chi connectivity index (χ3v) is 4.61. The van der Waals surface area contributed by atoms with Gasteiger partial charge in [0.2, 0.25) is 0 Å². The van der Waals surface area contributed by atoms with Crippen LogP contribution in [0, 0.1) is 5.92 Å². The summed E-state index contributed by atoms with van der Waals surface area (Å²) < 4.78 is 0. The summed E-state index contributed by atoms with van der Waals surface area (Å²) in [7, 11) is 0. The van der Waals surface area contributed by atoms with Crippen LogP contribution >= 0.6 is 0 Å². The van der Waals surface area contributed by atoms with Crippen molar-refractivity contribution in [2.45, 2.75) is 78.6 Å². The minimum Gasteiger partial charge on any atom is -0.350 e. The molecule has 25 heavy (non-hydrogen) atoms. The minimum atomic E-state index is 0.0160. The minimum absolute atomic E-state index is 0.0160. The molecule has 1 heterocycles. The van der Waals surface area contributed by atoms with Gasteiger partial charge in [-0.2, -0.15) is 0 Å². The lowest BCUT2D eigenvalue weighted by Gasteiger charge is -2.24. The van der Waals surface area contributed by atoms with E-state index in [4.69, 9.17) is 0 Å². The first-order valence-electron chi connectivity index (χ1n) is 9.62. The zero-order chi connectivity index (χ0) is 18.4. The van der Waals surface area contributed by atoms with Gasteiger partial charge in [-0.15, -0.1) is 0 Å². The summed E-state index contributed by atoms with van der Waals surface area (Å²) in [6.07, 6.45) is 6.17. The second-order valence-electron chi connectivity index (χ2n) is 7.77. The number of benzene rings is 1.